The Morgan fingerprint density at radius 3 is 2.73 bits per heavy atom. The topological polar surface area (TPSA) is 84.0 Å². The second-order valence-electron chi connectivity index (χ2n) is 2.02. The third-order valence-corrected chi connectivity index (χ3v) is 1.24. The number of hydrogen-bond acceptors (Lipinski definition) is 3. The molecule has 0 aliphatic rings. The SMILES string of the molecule is NCCn1[nH]c(=O)c(F)c1O. The molecular formula is C5H8FN3O2. The van der Waals surface area contributed by atoms with Gasteiger partial charge in [-0.1, -0.05) is 0 Å². The molecule has 0 aliphatic heterocycles. The normalized spacial score (nSPS) is 10.4. The lowest BCUT2D eigenvalue weighted by molar-refractivity contribution is 0.375. The number of nitrogens with zero attached hydrogens (tertiary/aromatic N) is 1. The fourth-order valence-corrected chi connectivity index (χ4v) is 0.736. The number of rotatable bonds is 2. The summed E-state index contributed by atoms with van der Waals surface area (Å²) in [5.74, 6) is -1.86. The maximum Gasteiger partial charge on any atom is 0.304 e. The van der Waals surface area contributed by atoms with Gasteiger partial charge in [-0.2, -0.15) is 4.39 Å². The van der Waals surface area contributed by atoms with Crippen molar-refractivity contribution < 1.29 is 9.50 Å². The summed E-state index contributed by atoms with van der Waals surface area (Å²) in [7, 11) is 0. The van der Waals surface area contributed by atoms with E-state index >= 15 is 0 Å². The number of aromatic amines is 1. The zero-order chi connectivity index (χ0) is 8.43. The molecule has 0 spiro atoms. The smallest absolute Gasteiger partial charge is 0.304 e. The van der Waals surface area contributed by atoms with Gasteiger partial charge in [0, 0.05) is 6.54 Å². The van der Waals surface area contributed by atoms with Crippen LogP contribution in [0.1, 0.15) is 0 Å². The van der Waals surface area contributed by atoms with Gasteiger partial charge in [0.15, 0.2) is 0 Å². The highest BCUT2D eigenvalue weighted by molar-refractivity contribution is 5.08. The standard InChI is InChI=1S/C5H8FN3O2/c6-3-4(10)8-9(2-1-7)5(3)11/h11H,1-2,7H2,(H,8,10). The van der Waals surface area contributed by atoms with Crippen LogP contribution in [-0.2, 0) is 6.54 Å². The molecule has 11 heavy (non-hydrogen) atoms. The van der Waals surface area contributed by atoms with E-state index in [2.05, 4.69) is 5.10 Å². The molecule has 0 saturated heterocycles. The molecule has 0 atom stereocenters. The minimum Gasteiger partial charge on any atom is -0.491 e. The lowest BCUT2D eigenvalue weighted by atomic mass is 10.6. The molecule has 0 radical (unpaired) electrons. The van der Waals surface area contributed by atoms with Crippen molar-refractivity contribution in [2.45, 2.75) is 6.54 Å². The average Bonchev–Trinajstić information content (AvgIpc) is 2.19. The Balaban J connectivity index is 3.08. The van der Waals surface area contributed by atoms with Crippen LogP contribution in [-0.4, -0.2) is 21.4 Å². The first kappa shape index (κ1) is 7.80. The number of halogens is 1. The summed E-state index contributed by atoms with van der Waals surface area (Å²) in [6.45, 7) is 0.405. The first-order chi connectivity index (χ1) is 5.16. The maximum absolute atomic E-state index is 12.4. The Morgan fingerprint density at radius 2 is 2.36 bits per heavy atom. The Bertz CT molecular complexity index is 303. The van der Waals surface area contributed by atoms with Crippen LogP contribution in [0, 0.1) is 5.82 Å². The second-order valence-corrected chi connectivity index (χ2v) is 2.02. The summed E-state index contributed by atoms with van der Waals surface area (Å²) < 4.78 is 13.4. The number of nitrogens with two attached hydrogens (primary N) is 1. The minimum absolute atomic E-state index is 0.186. The molecule has 5 nitrogen and oxygen atoms in total. The molecule has 0 aromatic carbocycles. The van der Waals surface area contributed by atoms with E-state index in [4.69, 9.17) is 10.8 Å². The number of aromatic nitrogens is 2. The fourth-order valence-electron chi connectivity index (χ4n) is 0.736. The van der Waals surface area contributed by atoms with Crippen molar-refractivity contribution in [3.05, 3.63) is 16.2 Å². The van der Waals surface area contributed by atoms with Gasteiger partial charge in [0.25, 0.3) is 5.82 Å². The predicted octanol–water partition coefficient (Wildman–Crippen LogP) is -1.02. The summed E-state index contributed by atoms with van der Waals surface area (Å²) in [4.78, 5) is 10.5. The molecule has 62 valence electrons. The zero-order valence-corrected chi connectivity index (χ0v) is 5.67. The summed E-state index contributed by atoms with van der Waals surface area (Å²) in [5.41, 5.74) is 4.18. The summed E-state index contributed by atoms with van der Waals surface area (Å²) in [5, 5.41) is 10.9. The number of H-pyrrole nitrogens is 1. The molecule has 6 heteroatoms. The van der Waals surface area contributed by atoms with Crippen LogP contribution in [0.25, 0.3) is 0 Å². The average molecular weight is 161 g/mol. The maximum atomic E-state index is 12.4. The summed E-state index contributed by atoms with van der Waals surface area (Å²) in [6.07, 6.45) is 0. The highest BCUT2D eigenvalue weighted by Gasteiger charge is 2.11. The Kier molecular flexibility index (Phi) is 1.95. The molecule has 4 N–H and O–H groups in total. The van der Waals surface area contributed by atoms with Crippen LogP contribution in [0.2, 0.25) is 0 Å². The number of aromatic hydroxyl groups is 1. The molecule has 0 saturated carbocycles. The molecule has 0 amide bonds. The van der Waals surface area contributed by atoms with E-state index in [9.17, 15) is 9.18 Å². The van der Waals surface area contributed by atoms with Gasteiger partial charge in [-0.3, -0.25) is 14.6 Å². The molecule has 1 rings (SSSR count). The van der Waals surface area contributed by atoms with E-state index in [0.717, 1.165) is 4.68 Å². The van der Waals surface area contributed by atoms with E-state index in [1.807, 2.05) is 0 Å². The van der Waals surface area contributed by atoms with E-state index in [0.29, 0.717) is 0 Å². The first-order valence-corrected chi connectivity index (χ1v) is 3.04. The van der Waals surface area contributed by atoms with Gasteiger partial charge in [-0.15, -0.1) is 0 Å². The van der Waals surface area contributed by atoms with Crippen LogP contribution < -0.4 is 11.3 Å². The second kappa shape index (κ2) is 2.75. The molecule has 0 fully saturated rings. The largest absolute Gasteiger partial charge is 0.491 e. The van der Waals surface area contributed by atoms with E-state index in [1.54, 1.807) is 0 Å². The van der Waals surface area contributed by atoms with E-state index in [-0.39, 0.29) is 13.1 Å². The highest BCUT2D eigenvalue weighted by atomic mass is 19.1. The zero-order valence-electron chi connectivity index (χ0n) is 5.67. The molecule has 0 bridgehead atoms. The third kappa shape index (κ3) is 1.25. The van der Waals surface area contributed by atoms with Crippen molar-refractivity contribution in [3.8, 4) is 5.88 Å². The molecule has 1 aromatic rings. The Labute approximate surface area is 61.2 Å². The van der Waals surface area contributed by atoms with E-state index < -0.39 is 17.3 Å². The third-order valence-electron chi connectivity index (χ3n) is 1.24. The number of nitrogens with one attached hydrogen (secondary N) is 1. The lowest BCUT2D eigenvalue weighted by Gasteiger charge is -1.98. The fraction of sp³-hybridized carbons (Fsp3) is 0.400. The molecule has 1 heterocycles. The van der Waals surface area contributed by atoms with Gasteiger partial charge >= 0.3 is 5.56 Å². The van der Waals surface area contributed by atoms with Crippen LogP contribution >= 0.6 is 0 Å². The predicted molar refractivity (Wildman–Crippen MR) is 35.7 cm³/mol. The highest BCUT2D eigenvalue weighted by Crippen LogP contribution is 2.07. The minimum atomic E-state index is -1.17. The van der Waals surface area contributed by atoms with Crippen LogP contribution in [0.4, 0.5) is 4.39 Å². The molecule has 0 unspecified atom stereocenters. The molecule has 1 aromatic heterocycles. The summed E-state index contributed by atoms with van der Waals surface area (Å²) in [6, 6.07) is 0. The van der Waals surface area contributed by atoms with Gasteiger partial charge in [-0.25, -0.2) is 0 Å². The quantitative estimate of drug-likeness (QED) is 0.519. The number of hydrogen-bond donors (Lipinski definition) is 3. The van der Waals surface area contributed by atoms with Gasteiger partial charge in [0.05, 0.1) is 6.54 Å². The lowest BCUT2D eigenvalue weighted by Crippen LogP contribution is -2.13. The van der Waals surface area contributed by atoms with Crippen molar-refractivity contribution >= 4 is 0 Å². The van der Waals surface area contributed by atoms with Gasteiger partial charge in [0.1, 0.15) is 0 Å². The van der Waals surface area contributed by atoms with Crippen LogP contribution in [0.15, 0.2) is 4.79 Å². The van der Waals surface area contributed by atoms with Crippen LogP contribution in [0.5, 0.6) is 5.88 Å². The monoisotopic (exact) mass is 161 g/mol. The Hall–Kier alpha value is -1.30. The molecular weight excluding hydrogens is 153 g/mol. The van der Waals surface area contributed by atoms with Crippen molar-refractivity contribution in [3.63, 3.8) is 0 Å². The van der Waals surface area contributed by atoms with Crippen LogP contribution in [0.3, 0.4) is 0 Å². The van der Waals surface area contributed by atoms with E-state index in [1.165, 1.54) is 0 Å². The Morgan fingerprint density at radius 1 is 1.73 bits per heavy atom. The first-order valence-electron chi connectivity index (χ1n) is 3.04. The van der Waals surface area contributed by atoms with Crippen molar-refractivity contribution in [1.82, 2.24) is 9.78 Å². The van der Waals surface area contributed by atoms with Gasteiger partial charge in [0.2, 0.25) is 5.88 Å². The van der Waals surface area contributed by atoms with Gasteiger partial charge in [-0.05, 0) is 0 Å². The van der Waals surface area contributed by atoms with Crippen molar-refractivity contribution in [2.24, 2.45) is 5.73 Å². The van der Waals surface area contributed by atoms with Gasteiger partial charge < -0.3 is 10.8 Å². The van der Waals surface area contributed by atoms with Crippen molar-refractivity contribution in [1.29, 1.82) is 0 Å². The van der Waals surface area contributed by atoms with Crippen molar-refractivity contribution in [2.75, 3.05) is 6.54 Å². The summed E-state index contributed by atoms with van der Waals surface area (Å²) >= 11 is 0. The molecule has 0 aliphatic carbocycles.